The smallest absolute Gasteiger partial charge is 0.490 e. The van der Waals surface area contributed by atoms with Gasteiger partial charge in [0.15, 0.2) is 28.8 Å². The van der Waals surface area contributed by atoms with Crippen LogP contribution in [-0.2, 0) is 11.8 Å². The third-order valence-electron chi connectivity index (χ3n) is 4.86. The molecule has 0 fully saturated rings. The molecular formula is C24H19BrF4N4O6. The highest BCUT2D eigenvalue weighted by atomic mass is 79.9. The number of nitrogens with zero attached hydrogens (tertiary/aromatic N) is 3. The van der Waals surface area contributed by atoms with Crippen molar-refractivity contribution >= 4 is 44.4 Å². The lowest BCUT2D eigenvalue weighted by molar-refractivity contribution is -0.192. The van der Waals surface area contributed by atoms with E-state index in [0.29, 0.717) is 32.6 Å². The summed E-state index contributed by atoms with van der Waals surface area (Å²) in [6.45, 7) is 0. The Balaban J connectivity index is 0.000000532. The molecule has 0 bridgehead atoms. The number of ether oxygens (including phenoxy) is 3. The van der Waals surface area contributed by atoms with E-state index in [1.165, 1.54) is 31.0 Å². The van der Waals surface area contributed by atoms with Crippen molar-refractivity contribution < 1.29 is 46.5 Å². The zero-order valence-electron chi connectivity index (χ0n) is 20.3. The number of methoxy groups -OCH3 is 2. The number of alkyl halides is 3. The van der Waals surface area contributed by atoms with Gasteiger partial charge in [-0.15, -0.1) is 0 Å². The maximum absolute atomic E-state index is 14.8. The number of nitrogens with one attached hydrogen (secondary N) is 1. The standard InChI is InChI=1S/C22H18BrFN4O4.C2HF3O2/c1-28-11-14(23)21(27-28)22(29)26-12-4-5-18(15(24)8-12)32-17-6-7-25-16-10-20(31-3)19(30-2)9-13(16)17;3-2(4,5)1(6)7/h4-11H,1-3H3,(H,26,29);(H,6,7). The summed E-state index contributed by atoms with van der Waals surface area (Å²) in [5.74, 6) is -2.46. The quantitative estimate of drug-likeness (QED) is 0.270. The van der Waals surface area contributed by atoms with Crippen LogP contribution in [0.4, 0.5) is 23.2 Å². The van der Waals surface area contributed by atoms with Gasteiger partial charge in [0.25, 0.3) is 5.91 Å². The predicted molar refractivity (Wildman–Crippen MR) is 134 cm³/mol. The first-order valence-corrected chi connectivity index (χ1v) is 11.4. The van der Waals surface area contributed by atoms with Gasteiger partial charge in [-0.25, -0.2) is 9.18 Å². The molecule has 39 heavy (non-hydrogen) atoms. The number of rotatable bonds is 6. The second-order valence-corrected chi connectivity index (χ2v) is 8.39. The highest BCUT2D eigenvalue weighted by Crippen LogP contribution is 2.37. The molecule has 0 aliphatic heterocycles. The fourth-order valence-electron chi connectivity index (χ4n) is 3.12. The summed E-state index contributed by atoms with van der Waals surface area (Å²) in [6, 6.07) is 9.21. The van der Waals surface area contributed by atoms with Crippen LogP contribution in [-0.4, -0.2) is 52.1 Å². The first-order chi connectivity index (χ1) is 18.3. The van der Waals surface area contributed by atoms with Crippen LogP contribution in [0.5, 0.6) is 23.0 Å². The van der Waals surface area contributed by atoms with E-state index in [1.807, 2.05) is 0 Å². The Kier molecular flexibility index (Phi) is 8.96. The lowest BCUT2D eigenvalue weighted by Gasteiger charge is -2.13. The van der Waals surface area contributed by atoms with E-state index < -0.39 is 23.9 Å². The van der Waals surface area contributed by atoms with Gasteiger partial charge in [0.1, 0.15) is 5.75 Å². The van der Waals surface area contributed by atoms with Crippen molar-refractivity contribution in [3.63, 3.8) is 0 Å². The van der Waals surface area contributed by atoms with Gasteiger partial charge in [0.05, 0.1) is 24.2 Å². The maximum atomic E-state index is 14.8. The Labute approximate surface area is 226 Å². The SMILES string of the molecule is COc1cc2nccc(Oc3ccc(NC(=O)c4nn(C)cc4Br)cc3F)c2cc1OC.O=C(O)C(F)(F)F. The van der Waals surface area contributed by atoms with E-state index in [2.05, 4.69) is 31.3 Å². The van der Waals surface area contributed by atoms with Gasteiger partial charge in [-0.3, -0.25) is 14.5 Å². The number of aromatic nitrogens is 3. The fourth-order valence-corrected chi connectivity index (χ4v) is 3.68. The van der Waals surface area contributed by atoms with Gasteiger partial charge in [-0.2, -0.15) is 18.3 Å². The molecule has 4 aromatic rings. The Morgan fingerprint density at radius 2 is 1.67 bits per heavy atom. The molecular weight excluding hydrogens is 596 g/mol. The zero-order valence-corrected chi connectivity index (χ0v) is 21.9. The van der Waals surface area contributed by atoms with Gasteiger partial charge in [-0.05, 0) is 40.2 Å². The number of pyridine rings is 1. The third kappa shape index (κ3) is 7.13. The van der Waals surface area contributed by atoms with E-state index in [0.717, 1.165) is 0 Å². The molecule has 0 atom stereocenters. The molecule has 0 unspecified atom stereocenters. The molecule has 0 aliphatic carbocycles. The second-order valence-electron chi connectivity index (χ2n) is 7.54. The number of hydrogen-bond donors (Lipinski definition) is 2. The molecule has 15 heteroatoms. The maximum Gasteiger partial charge on any atom is 0.490 e. The van der Waals surface area contributed by atoms with Gasteiger partial charge < -0.3 is 24.6 Å². The summed E-state index contributed by atoms with van der Waals surface area (Å²) in [5, 5.41) is 14.4. The first-order valence-electron chi connectivity index (χ1n) is 10.6. The summed E-state index contributed by atoms with van der Waals surface area (Å²) in [4.78, 5) is 25.6. The Morgan fingerprint density at radius 3 is 2.21 bits per heavy atom. The second kappa shape index (κ2) is 12.0. The van der Waals surface area contributed by atoms with Crippen molar-refractivity contribution in [1.82, 2.24) is 14.8 Å². The molecule has 2 aromatic heterocycles. The fraction of sp³-hybridized carbons (Fsp3) is 0.167. The Morgan fingerprint density at radius 1 is 1.03 bits per heavy atom. The van der Waals surface area contributed by atoms with Crippen molar-refractivity contribution in [3.05, 3.63) is 64.8 Å². The third-order valence-corrected chi connectivity index (χ3v) is 5.44. The van der Waals surface area contributed by atoms with Crippen LogP contribution in [0, 0.1) is 5.82 Å². The molecule has 2 heterocycles. The van der Waals surface area contributed by atoms with Crippen molar-refractivity contribution in [2.45, 2.75) is 6.18 Å². The van der Waals surface area contributed by atoms with Crippen LogP contribution in [0.15, 0.2) is 53.3 Å². The van der Waals surface area contributed by atoms with Crippen LogP contribution in [0.2, 0.25) is 0 Å². The lowest BCUT2D eigenvalue weighted by atomic mass is 10.2. The van der Waals surface area contributed by atoms with E-state index in [4.69, 9.17) is 24.1 Å². The number of carbonyl (C=O) groups excluding carboxylic acids is 1. The molecule has 2 N–H and O–H groups in total. The normalized spacial score (nSPS) is 10.9. The largest absolute Gasteiger partial charge is 0.493 e. The minimum atomic E-state index is -5.08. The van der Waals surface area contributed by atoms with E-state index >= 15 is 0 Å². The van der Waals surface area contributed by atoms with Crippen molar-refractivity contribution in [1.29, 1.82) is 0 Å². The average Bonchev–Trinajstić information content (AvgIpc) is 3.22. The van der Waals surface area contributed by atoms with Crippen LogP contribution in [0.25, 0.3) is 10.9 Å². The van der Waals surface area contributed by atoms with Crippen LogP contribution >= 0.6 is 15.9 Å². The molecule has 0 saturated heterocycles. The average molecular weight is 615 g/mol. The summed E-state index contributed by atoms with van der Waals surface area (Å²) in [5.41, 5.74) is 1.06. The van der Waals surface area contributed by atoms with E-state index in [9.17, 15) is 22.4 Å². The minimum absolute atomic E-state index is 0.00991. The molecule has 0 radical (unpaired) electrons. The first kappa shape index (κ1) is 29.2. The van der Waals surface area contributed by atoms with Crippen LogP contribution < -0.4 is 19.5 Å². The number of anilines is 1. The number of amides is 1. The number of benzene rings is 2. The Bertz CT molecular complexity index is 1530. The van der Waals surface area contributed by atoms with Gasteiger partial charge in [-0.1, -0.05) is 0 Å². The summed E-state index contributed by atoms with van der Waals surface area (Å²) in [6.07, 6.45) is -1.88. The van der Waals surface area contributed by atoms with Gasteiger partial charge >= 0.3 is 12.1 Å². The van der Waals surface area contributed by atoms with E-state index in [-0.39, 0.29) is 17.1 Å². The molecule has 10 nitrogen and oxygen atoms in total. The number of aliphatic carboxylic acids is 1. The number of carboxylic acids is 1. The molecule has 206 valence electrons. The number of carbonyl (C=O) groups is 2. The van der Waals surface area contributed by atoms with Gasteiger partial charge in [0, 0.05) is 42.6 Å². The highest BCUT2D eigenvalue weighted by Gasteiger charge is 2.38. The summed E-state index contributed by atoms with van der Waals surface area (Å²) < 4.78 is 65.0. The Hall–Kier alpha value is -4.40. The number of hydrogen-bond acceptors (Lipinski definition) is 7. The highest BCUT2D eigenvalue weighted by molar-refractivity contribution is 9.10. The number of halogens is 5. The molecule has 4 rings (SSSR count). The number of fused-ring (bicyclic) bond motifs is 1. The molecule has 0 saturated carbocycles. The van der Waals surface area contributed by atoms with Crippen molar-refractivity contribution in [2.75, 3.05) is 19.5 Å². The van der Waals surface area contributed by atoms with Crippen molar-refractivity contribution in [2.24, 2.45) is 7.05 Å². The molecule has 2 aromatic carbocycles. The van der Waals surface area contributed by atoms with Crippen LogP contribution in [0.1, 0.15) is 10.5 Å². The topological polar surface area (TPSA) is 125 Å². The summed E-state index contributed by atoms with van der Waals surface area (Å²) >= 11 is 3.27. The molecule has 0 aliphatic rings. The number of aryl methyl sites for hydroxylation is 1. The van der Waals surface area contributed by atoms with Gasteiger partial charge in [0.2, 0.25) is 0 Å². The lowest BCUT2D eigenvalue weighted by Crippen LogP contribution is -2.21. The predicted octanol–water partition coefficient (Wildman–Crippen LogP) is 5.57. The molecule has 0 spiro atoms. The monoisotopic (exact) mass is 614 g/mol. The minimum Gasteiger partial charge on any atom is -0.493 e. The van der Waals surface area contributed by atoms with Crippen LogP contribution in [0.3, 0.4) is 0 Å². The molecule has 1 amide bonds. The zero-order chi connectivity index (χ0) is 28.9. The van der Waals surface area contributed by atoms with E-state index in [1.54, 1.807) is 43.7 Å². The summed E-state index contributed by atoms with van der Waals surface area (Å²) in [7, 11) is 4.75. The van der Waals surface area contributed by atoms with Crippen molar-refractivity contribution in [3.8, 4) is 23.0 Å². The number of carboxylic acid groups (broad SMARTS) is 1.